The van der Waals surface area contributed by atoms with Crippen molar-refractivity contribution in [3.05, 3.63) is 23.9 Å². The average molecular weight is 273 g/mol. The maximum atomic E-state index is 12.5. The number of nitrogens with one attached hydrogen (secondary N) is 2. The number of piperidine rings is 1. The lowest BCUT2D eigenvalue weighted by molar-refractivity contribution is -0.137. The topological polar surface area (TPSA) is 71.1 Å². The minimum atomic E-state index is -4.47. The molecule has 1 aliphatic heterocycles. The van der Waals surface area contributed by atoms with Crippen LogP contribution in [0.2, 0.25) is 0 Å². The van der Waals surface area contributed by atoms with Gasteiger partial charge < -0.3 is 5.32 Å². The predicted molar refractivity (Wildman–Crippen MR) is 59.0 cm³/mol. The highest BCUT2D eigenvalue weighted by molar-refractivity contribution is 6.01. The molecule has 2 amide bonds. The zero-order chi connectivity index (χ0) is 14.0. The molecule has 1 aromatic rings. The minimum absolute atomic E-state index is 0.0516. The monoisotopic (exact) mass is 273 g/mol. The Morgan fingerprint density at radius 3 is 2.74 bits per heavy atom. The molecule has 1 unspecified atom stereocenters. The molecule has 1 aromatic heterocycles. The summed E-state index contributed by atoms with van der Waals surface area (Å²) < 4.78 is 37.5. The Morgan fingerprint density at radius 1 is 1.37 bits per heavy atom. The zero-order valence-electron chi connectivity index (χ0n) is 9.62. The third kappa shape index (κ3) is 3.21. The first kappa shape index (κ1) is 13.3. The quantitative estimate of drug-likeness (QED) is 0.797. The molecule has 0 aliphatic carbocycles. The van der Waals surface area contributed by atoms with E-state index in [2.05, 4.69) is 15.6 Å². The molecule has 19 heavy (non-hydrogen) atoms. The molecule has 1 saturated heterocycles. The van der Waals surface area contributed by atoms with Gasteiger partial charge in [-0.3, -0.25) is 14.9 Å². The number of nitrogens with zero attached hydrogens (tertiary/aromatic N) is 1. The number of carbonyl (C=O) groups is 2. The Kier molecular flexibility index (Phi) is 3.41. The van der Waals surface area contributed by atoms with Crippen LogP contribution in [0.1, 0.15) is 18.4 Å². The van der Waals surface area contributed by atoms with Gasteiger partial charge in [0.25, 0.3) is 0 Å². The van der Waals surface area contributed by atoms with E-state index in [0.717, 1.165) is 18.3 Å². The van der Waals surface area contributed by atoms with Crippen molar-refractivity contribution >= 4 is 17.6 Å². The molecule has 2 heterocycles. The van der Waals surface area contributed by atoms with E-state index >= 15 is 0 Å². The van der Waals surface area contributed by atoms with Crippen LogP contribution in [-0.2, 0) is 15.8 Å². The van der Waals surface area contributed by atoms with Crippen LogP contribution in [0, 0.1) is 0 Å². The van der Waals surface area contributed by atoms with Gasteiger partial charge in [-0.1, -0.05) is 0 Å². The zero-order valence-corrected chi connectivity index (χ0v) is 9.62. The van der Waals surface area contributed by atoms with Gasteiger partial charge in [-0.05, 0) is 18.6 Å². The molecular formula is C11H10F3N3O2. The summed E-state index contributed by atoms with van der Waals surface area (Å²) >= 11 is 0. The largest absolute Gasteiger partial charge is 0.416 e. The maximum absolute atomic E-state index is 12.5. The summed E-state index contributed by atoms with van der Waals surface area (Å²) in [5, 5.41) is 4.69. The lowest BCUT2D eigenvalue weighted by atomic mass is 10.1. The third-order valence-corrected chi connectivity index (χ3v) is 2.65. The predicted octanol–water partition coefficient (Wildman–Crippen LogP) is 1.32. The van der Waals surface area contributed by atoms with Crippen LogP contribution in [0.3, 0.4) is 0 Å². The van der Waals surface area contributed by atoms with E-state index < -0.39 is 23.7 Å². The van der Waals surface area contributed by atoms with Crippen LogP contribution >= 0.6 is 0 Å². The smallest absolute Gasteiger partial charge is 0.358 e. The van der Waals surface area contributed by atoms with Crippen molar-refractivity contribution < 1.29 is 22.8 Å². The number of anilines is 1. The molecule has 1 aliphatic rings. The van der Waals surface area contributed by atoms with E-state index in [1.807, 2.05) is 0 Å². The average Bonchev–Trinajstić information content (AvgIpc) is 2.32. The summed E-state index contributed by atoms with van der Waals surface area (Å²) in [4.78, 5) is 26.1. The van der Waals surface area contributed by atoms with Crippen molar-refractivity contribution in [3.63, 3.8) is 0 Å². The number of aromatic nitrogens is 1. The molecule has 2 N–H and O–H groups in total. The van der Waals surface area contributed by atoms with Crippen molar-refractivity contribution in [1.82, 2.24) is 10.3 Å². The van der Waals surface area contributed by atoms with Gasteiger partial charge in [-0.25, -0.2) is 4.98 Å². The van der Waals surface area contributed by atoms with Crippen molar-refractivity contribution in [2.75, 3.05) is 5.32 Å². The number of hydrogen-bond donors (Lipinski definition) is 2. The van der Waals surface area contributed by atoms with Crippen LogP contribution in [-0.4, -0.2) is 22.8 Å². The Labute approximate surface area is 106 Å². The van der Waals surface area contributed by atoms with Gasteiger partial charge in [-0.2, -0.15) is 13.2 Å². The molecule has 8 heteroatoms. The minimum Gasteiger partial charge on any atom is -0.358 e. The van der Waals surface area contributed by atoms with Crippen LogP contribution in [0.25, 0.3) is 0 Å². The van der Waals surface area contributed by atoms with Crippen molar-refractivity contribution in [2.45, 2.75) is 25.1 Å². The molecule has 5 nitrogen and oxygen atoms in total. The molecule has 0 spiro atoms. The van der Waals surface area contributed by atoms with E-state index in [1.54, 1.807) is 0 Å². The van der Waals surface area contributed by atoms with E-state index in [-0.39, 0.29) is 24.6 Å². The lowest BCUT2D eigenvalue weighted by Crippen LogP contribution is -2.47. The number of amides is 2. The summed E-state index contributed by atoms with van der Waals surface area (Å²) in [6.45, 7) is 0. The van der Waals surface area contributed by atoms with E-state index in [9.17, 15) is 22.8 Å². The first-order valence-corrected chi connectivity index (χ1v) is 5.50. The fourth-order valence-electron chi connectivity index (χ4n) is 1.70. The number of halogens is 3. The van der Waals surface area contributed by atoms with Gasteiger partial charge in [0.1, 0.15) is 11.9 Å². The number of pyridine rings is 1. The highest BCUT2D eigenvalue weighted by atomic mass is 19.4. The second kappa shape index (κ2) is 4.87. The first-order chi connectivity index (χ1) is 8.86. The normalized spacial score (nSPS) is 20.1. The van der Waals surface area contributed by atoms with Gasteiger partial charge in [-0.15, -0.1) is 0 Å². The van der Waals surface area contributed by atoms with Crippen LogP contribution in [0.5, 0.6) is 0 Å². The highest BCUT2D eigenvalue weighted by Crippen LogP contribution is 2.30. The standard InChI is InChI=1S/C11H10F3N3O2/c12-11(13,14)6-3-4-15-8(5-6)16-7-1-2-9(18)17-10(7)19/h3-5,7H,1-2H2,(H,15,16)(H,17,18,19). The Hall–Kier alpha value is -2.12. The summed E-state index contributed by atoms with van der Waals surface area (Å²) in [6.07, 6.45) is -3.09. The van der Waals surface area contributed by atoms with Gasteiger partial charge in [0.15, 0.2) is 0 Å². The third-order valence-electron chi connectivity index (χ3n) is 2.65. The van der Waals surface area contributed by atoms with Crippen molar-refractivity contribution in [2.24, 2.45) is 0 Å². The molecule has 1 atom stereocenters. The fourth-order valence-corrected chi connectivity index (χ4v) is 1.70. The van der Waals surface area contributed by atoms with Crippen molar-refractivity contribution in [1.29, 1.82) is 0 Å². The fraction of sp³-hybridized carbons (Fsp3) is 0.364. The van der Waals surface area contributed by atoms with Crippen LogP contribution in [0.4, 0.5) is 19.0 Å². The second-order valence-electron chi connectivity index (χ2n) is 4.08. The summed E-state index contributed by atoms with van der Waals surface area (Å²) in [5.41, 5.74) is -0.850. The SMILES string of the molecule is O=C1CCC(Nc2cc(C(F)(F)F)ccn2)C(=O)N1. The molecule has 0 saturated carbocycles. The summed E-state index contributed by atoms with van der Waals surface area (Å²) in [7, 11) is 0. The van der Waals surface area contributed by atoms with E-state index in [1.165, 1.54) is 0 Å². The number of imide groups is 1. The number of carbonyl (C=O) groups excluding carboxylic acids is 2. The molecule has 1 fully saturated rings. The molecule has 2 rings (SSSR count). The maximum Gasteiger partial charge on any atom is 0.416 e. The molecule has 102 valence electrons. The number of hydrogen-bond acceptors (Lipinski definition) is 4. The van der Waals surface area contributed by atoms with Crippen LogP contribution in [0.15, 0.2) is 18.3 Å². The second-order valence-corrected chi connectivity index (χ2v) is 4.08. The number of alkyl halides is 3. The summed E-state index contributed by atoms with van der Waals surface area (Å²) in [5.74, 6) is -1.00. The van der Waals surface area contributed by atoms with Gasteiger partial charge in [0.2, 0.25) is 11.8 Å². The molecule has 0 aromatic carbocycles. The van der Waals surface area contributed by atoms with E-state index in [4.69, 9.17) is 0 Å². The Bertz CT molecular complexity index is 516. The first-order valence-electron chi connectivity index (χ1n) is 5.50. The van der Waals surface area contributed by atoms with Crippen molar-refractivity contribution in [3.8, 4) is 0 Å². The molecule has 0 bridgehead atoms. The highest BCUT2D eigenvalue weighted by Gasteiger charge is 2.31. The van der Waals surface area contributed by atoms with Gasteiger partial charge >= 0.3 is 6.18 Å². The van der Waals surface area contributed by atoms with Crippen LogP contribution < -0.4 is 10.6 Å². The molecule has 0 radical (unpaired) electrons. The number of rotatable bonds is 2. The molecular weight excluding hydrogens is 263 g/mol. The lowest BCUT2D eigenvalue weighted by Gasteiger charge is -2.22. The Morgan fingerprint density at radius 2 is 2.11 bits per heavy atom. The summed E-state index contributed by atoms with van der Waals surface area (Å²) in [6, 6.07) is 0.910. The Balaban J connectivity index is 2.11. The van der Waals surface area contributed by atoms with E-state index in [0.29, 0.717) is 0 Å². The van der Waals surface area contributed by atoms with Gasteiger partial charge in [0.05, 0.1) is 5.56 Å². The van der Waals surface area contributed by atoms with Gasteiger partial charge in [0, 0.05) is 12.6 Å².